The fourth-order valence-corrected chi connectivity index (χ4v) is 7.70. The van der Waals surface area contributed by atoms with Crippen molar-refractivity contribution in [1.29, 1.82) is 0 Å². The maximum absolute atomic E-state index is 12.8. The fourth-order valence-electron chi connectivity index (χ4n) is 7.70. The second kappa shape index (κ2) is 52.7. The van der Waals surface area contributed by atoms with Gasteiger partial charge >= 0.3 is 17.9 Å². The summed E-state index contributed by atoms with van der Waals surface area (Å²) in [4.78, 5) is 37.9. The van der Waals surface area contributed by atoms with Gasteiger partial charge < -0.3 is 14.2 Å². The van der Waals surface area contributed by atoms with Crippen molar-refractivity contribution in [1.82, 2.24) is 0 Å². The Morgan fingerprint density at radius 3 is 0.953 bits per heavy atom. The molecule has 0 bridgehead atoms. The summed E-state index contributed by atoms with van der Waals surface area (Å²) in [6, 6.07) is 0. The van der Waals surface area contributed by atoms with Crippen molar-refractivity contribution in [3.63, 3.8) is 0 Å². The van der Waals surface area contributed by atoms with E-state index in [9.17, 15) is 14.4 Å². The summed E-state index contributed by atoms with van der Waals surface area (Å²) < 4.78 is 16.8. The number of ether oxygens (including phenoxy) is 3. The van der Waals surface area contributed by atoms with Crippen LogP contribution in [0, 0.1) is 0 Å². The van der Waals surface area contributed by atoms with Crippen LogP contribution in [0.15, 0.2) is 60.8 Å². The zero-order chi connectivity index (χ0) is 46.5. The molecule has 0 saturated heterocycles. The molecule has 64 heavy (non-hydrogen) atoms. The average molecular weight is 895 g/mol. The zero-order valence-electron chi connectivity index (χ0n) is 42.3. The van der Waals surface area contributed by atoms with Crippen molar-refractivity contribution < 1.29 is 28.6 Å². The fraction of sp³-hybridized carbons (Fsp3) is 0.776. The lowest BCUT2D eigenvalue weighted by atomic mass is 10.0. The molecule has 0 aromatic carbocycles. The Morgan fingerprint density at radius 1 is 0.328 bits per heavy atom. The lowest BCUT2D eigenvalue weighted by molar-refractivity contribution is -0.167. The number of unbranched alkanes of at least 4 members (excludes halogenated alkanes) is 28. The number of carbonyl (C=O) groups excluding carboxylic acids is 3. The Morgan fingerprint density at radius 2 is 0.609 bits per heavy atom. The lowest BCUT2D eigenvalue weighted by Gasteiger charge is -2.18. The highest BCUT2D eigenvalue weighted by Crippen LogP contribution is 2.16. The van der Waals surface area contributed by atoms with Crippen molar-refractivity contribution in [3.05, 3.63) is 60.8 Å². The number of carbonyl (C=O) groups is 3. The first-order valence-corrected chi connectivity index (χ1v) is 27.3. The standard InChI is InChI=1S/C58H102O6/c1-4-7-10-13-16-19-21-23-25-26-27-28-29-30-31-32-34-35-37-39-42-45-48-51-57(60)63-54-55(53-62-56(59)50-47-44-41-18-15-12-9-6-3)64-58(61)52-49-46-43-40-38-36-33-24-22-20-17-14-11-8-5-2/h7,10,16,19,23,25,27-28,30-31,55H,4-6,8-9,11-15,17-18,20-22,24,26,29,32-54H2,1-3H3/b10-7-,19-16-,25-23-,28-27-,31-30-. The second-order valence-electron chi connectivity index (χ2n) is 18.1. The Labute approximate surface area is 396 Å². The minimum Gasteiger partial charge on any atom is -0.462 e. The van der Waals surface area contributed by atoms with Gasteiger partial charge in [-0.25, -0.2) is 0 Å². The summed E-state index contributed by atoms with van der Waals surface area (Å²) in [6.45, 7) is 6.51. The minimum atomic E-state index is -0.773. The van der Waals surface area contributed by atoms with Gasteiger partial charge in [-0.15, -0.1) is 0 Å². The largest absolute Gasteiger partial charge is 0.462 e. The molecule has 0 amide bonds. The highest BCUT2D eigenvalue weighted by molar-refractivity contribution is 5.71. The van der Waals surface area contributed by atoms with E-state index in [0.29, 0.717) is 19.3 Å². The number of rotatable bonds is 49. The summed E-state index contributed by atoms with van der Waals surface area (Å²) in [5.74, 6) is -0.881. The quantitative estimate of drug-likeness (QED) is 0.0262. The van der Waals surface area contributed by atoms with E-state index in [2.05, 4.69) is 81.5 Å². The number of hydrogen-bond acceptors (Lipinski definition) is 6. The maximum Gasteiger partial charge on any atom is 0.306 e. The summed E-state index contributed by atoms with van der Waals surface area (Å²) in [5, 5.41) is 0. The van der Waals surface area contributed by atoms with Gasteiger partial charge in [0.15, 0.2) is 6.10 Å². The van der Waals surface area contributed by atoms with Crippen LogP contribution in [0.4, 0.5) is 0 Å². The van der Waals surface area contributed by atoms with Crippen LogP contribution in [-0.4, -0.2) is 37.2 Å². The highest BCUT2D eigenvalue weighted by Gasteiger charge is 2.19. The van der Waals surface area contributed by atoms with Crippen molar-refractivity contribution in [2.45, 2.75) is 277 Å². The van der Waals surface area contributed by atoms with E-state index in [1.807, 2.05) is 0 Å². The Bertz CT molecular complexity index is 1170. The van der Waals surface area contributed by atoms with E-state index in [1.165, 1.54) is 135 Å². The maximum atomic E-state index is 12.8. The van der Waals surface area contributed by atoms with Gasteiger partial charge in [0.25, 0.3) is 0 Å². The van der Waals surface area contributed by atoms with Crippen molar-refractivity contribution in [2.75, 3.05) is 13.2 Å². The summed E-state index contributed by atoms with van der Waals surface area (Å²) in [6.07, 6.45) is 65.0. The topological polar surface area (TPSA) is 78.9 Å². The number of hydrogen-bond donors (Lipinski definition) is 0. The molecule has 0 aliphatic rings. The molecule has 1 unspecified atom stereocenters. The highest BCUT2D eigenvalue weighted by atomic mass is 16.6. The molecule has 6 heteroatoms. The molecule has 0 aromatic heterocycles. The van der Waals surface area contributed by atoms with Gasteiger partial charge in [-0.2, -0.15) is 0 Å². The Balaban J connectivity index is 4.25. The number of allylic oxidation sites excluding steroid dienone is 10. The Hall–Kier alpha value is -2.89. The smallest absolute Gasteiger partial charge is 0.306 e. The van der Waals surface area contributed by atoms with Crippen LogP contribution in [0.3, 0.4) is 0 Å². The molecule has 0 aromatic rings. The van der Waals surface area contributed by atoms with Gasteiger partial charge in [0, 0.05) is 19.3 Å². The summed E-state index contributed by atoms with van der Waals surface area (Å²) >= 11 is 0. The van der Waals surface area contributed by atoms with Crippen molar-refractivity contribution in [2.24, 2.45) is 0 Å². The Kier molecular flexibility index (Phi) is 50.4. The molecule has 1 atom stereocenters. The first-order valence-electron chi connectivity index (χ1n) is 27.3. The molecule has 0 aliphatic carbocycles. The number of esters is 3. The summed E-state index contributed by atoms with van der Waals surface area (Å²) in [7, 11) is 0. The molecule has 0 radical (unpaired) electrons. The predicted octanol–water partition coefficient (Wildman–Crippen LogP) is 18.0. The van der Waals surface area contributed by atoms with E-state index in [1.54, 1.807) is 0 Å². The SMILES string of the molecule is CC/C=C\C/C=C\C/C=C\C/C=C\C/C=C\CCCCCCCCCC(=O)OCC(COC(=O)CCCCCCCCCC)OC(=O)CCCCCCCCCCCCCCCCC. The van der Waals surface area contributed by atoms with Crippen LogP contribution < -0.4 is 0 Å². The van der Waals surface area contributed by atoms with Crippen LogP contribution in [0.1, 0.15) is 271 Å². The third-order valence-electron chi connectivity index (χ3n) is 11.8. The normalized spacial score (nSPS) is 12.5. The lowest BCUT2D eigenvalue weighted by Crippen LogP contribution is -2.30. The first kappa shape index (κ1) is 61.1. The molecular formula is C58H102O6. The third-order valence-corrected chi connectivity index (χ3v) is 11.8. The molecule has 0 fully saturated rings. The van der Waals surface area contributed by atoms with Gasteiger partial charge in [-0.1, -0.05) is 248 Å². The zero-order valence-corrected chi connectivity index (χ0v) is 42.3. The molecule has 0 heterocycles. The molecule has 0 aliphatic heterocycles. The minimum absolute atomic E-state index is 0.0746. The predicted molar refractivity (Wildman–Crippen MR) is 275 cm³/mol. The van der Waals surface area contributed by atoms with Crippen LogP contribution in [0.5, 0.6) is 0 Å². The molecule has 0 N–H and O–H groups in total. The van der Waals surface area contributed by atoms with Crippen LogP contribution in [0.25, 0.3) is 0 Å². The molecule has 0 rings (SSSR count). The van der Waals surface area contributed by atoms with Crippen LogP contribution in [-0.2, 0) is 28.6 Å². The van der Waals surface area contributed by atoms with Gasteiger partial charge in [0.2, 0.25) is 0 Å². The first-order chi connectivity index (χ1) is 31.5. The average Bonchev–Trinajstić information content (AvgIpc) is 3.29. The van der Waals surface area contributed by atoms with Gasteiger partial charge in [-0.3, -0.25) is 14.4 Å². The molecule has 0 spiro atoms. The van der Waals surface area contributed by atoms with Crippen molar-refractivity contribution in [3.8, 4) is 0 Å². The van der Waals surface area contributed by atoms with Gasteiger partial charge in [-0.05, 0) is 64.2 Å². The molecule has 370 valence electrons. The van der Waals surface area contributed by atoms with E-state index in [-0.39, 0.29) is 31.1 Å². The van der Waals surface area contributed by atoms with E-state index in [4.69, 9.17) is 14.2 Å². The molecular weight excluding hydrogens is 793 g/mol. The van der Waals surface area contributed by atoms with E-state index < -0.39 is 6.10 Å². The van der Waals surface area contributed by atoms with Crippen LogP contribution >= 0.6 is 0 Å². The van der Waals surface area contributed by atoms with E-state index in [0.717, 1.165) is 96.3 Å². The second-order valence-corrected chi connectivity index (χ2v) is 18.1. The molecule has 6 nitrogen and oxygen atoms in total. The van der Waals surface area contributed by atoms with Crippen LogP contribution in [0.2, 0.25) is 0 Å². The van der Waals surface area contributed by atoms with Gasteiger partial charge in [0.1, 0.15) is 13.2 Å². The van der Waals surface area contributed by atoms with E-state index >= 15 is 0 Å². The van der Waals surface area contributed by atoms with Crippen molar-refractivity contribution >= 4 is 17.9 Å². The monoisotopic (exact) mass is 895 g/mol. The summed E-state index contributed by atoms with van der Waals surface area (Å²) in [5.41, 5.74) is 0. The molecule has 0 saturated carbocycles. The van der Waals surface area contributed by atoms with Gasteiger partial charge in [0.05, 0.1) is 0 Å². The third kappa shape index (κ3) is 50.1.